The van der Waals surface area contributed by atoms with Crippen molar-refractivity contribution < 1.29 is 13.5 Å². The normalized spacial score (nSPS) is 17.1. The van der Waals surface area contributed by atoms with Gasteiger partial charge >= 0.3 is 0 Å². The van der Waals surface area contributed by atoms with E-state index >= 15 is 0 Å². The van der Waals surface area contributed by atoms with Crippen LogP contribution in [0.1, 0.15) is 29.2 Å². The number of benzene rings is 1. The molecular formula is C12H16O3S. The minimum atomic E-state index is -3.14. The molecule has 0 saturated carbocycles. The van der Waals surface area contributed by atoms with Crippen LogP contribution in [0.3, 0.4) is 0 Å². The highest BCUT2D eigenvalue weighted by Crippen LogP contribution is 2.25. The van der Waals surface area contributed by atoms with Crippen LogP contribution >= 0.6 is 0 Å². The lowest BCUT2D eigenvalue weighted by molar-refractivity contribution is 0.202. The number of sulfone groups is 1. The molecule has 0 radical (unpaired) electrons. The first kappa shape index (κ1) is 11.6. The van der Waals surface area contributed by atoms with Gasteiger partial charge in [-0.15, -0.1) is 0 Å². The summed E-state index contributed by atoms with van der Waals surface area (Å²) in [6.45, 7) is 0. The Hall–Kier alpha value is -0.870. The van der Waals surface area contributed by atoms with Crippen LogP contribution in [0, 0.1) is 0 Å². The first-order valence-corrected chi connectivity index (χ1v) is 7.49. The second-order valence-corrected chi connectivity index (χ2v) is 6.67. The zero-order valence-corrected chi connectivity index (χ0v) is 10.1. The van der Waals surface area contributed by atoms with Crippen LogP contribution in [-0.2, 0) is 22.7 Å². The average molecular weight is 240 g/mol. The summed E-state index contributed by atoms with van der Waals surface area (Å²) >= 11 is 0. The Kier molecular flexibility index (Phi) is 3.04. The summed E-state index contributed by atoms with van der Waals surface area (Å²) in [5.74, 6) is -0.203. The van der Waals surface area contributed by atoms with Crippen molar-refractivity contribution in [2.24, 2.45) is 0 Å². The molecule has 0 spiro atoms. The molecule has 0 bridgehead atoms. The molecule has 1 aromatic carbocycles. The molecule has 1 N–H and O–H groups in total. The van der Waals surface area contributed by atoms with Crippen molar-refractivity contribution in [3.05, 3.63) is 34.9 Å². The topological polar surface area (TPSA) is 54.4 Å². The van der Waals surface area contributed by atoms with Crippen LogP contribution < -0.4 is 0 Å². The first-order chi connectivity index (χ1) is 7.46. The third-order valence-corrected chi connectivity index (χ3v) is 3.89. The third kappa shape index (κ3) is 2.62. The zero-order valence-electron chi connectivity index (χ0n) is 9.31. The minimum absolute atomic E-state index is 0.203. The number of aliphatic hydroxyl groups excluding tert-OH is 1. The summed E-state index contributed by atoms with van der Waals surface area (Å²) in [4.78, 5) is 0. The van der Waals surface area contributed by atoms with E-state index in [4.69, 9.17) is 0 Å². The van der Waals surface area contributed by atoms with E-state index in [-0.39, 0.29) is 5.75 Å². The molecule has 0 aliphatic heterocycles. The SMILES string of the molecule is CS(=O)(=O)CC(O)c1ccc2c(c1)CCC2. The van der Waals surface area contributed by atoms with Crippen molar-refractivity contribution in [2.75, 3.05) is 12.0 Å². The smallest absolute Gasteiger partial charge is 0.150 e. The van der Waals surface area contributed by atoms with Crippen LogP contribution in [0.5, 0.6) is 0 Å². The van der Waals surface area contributed by atoms with Crippen LogP contribution in [0.15, 0.2) is 18.2 Å². The summed E-state index contributed by atoms with van der Waals surface area (Å²) in [6.07, 6.45) is 3.53. The second kappa shape index (κ2) is 4.18. The maximum absolute atomic E-state index is 11.1. The summed E-state index contributed by atoms with van der Waals surface area (Å²) in [5.41, 5.74) is 3.30. The summed E-state index contributed by atoms with van der Waals surface area (Å²) < 4.78 is 22.2. The van der Waals surface area contributed by atoms with Crippen LogP contribution in [0.4, 0.5) is 0 Å². The van der Waals surface area contributed by atoms with E-state index in [0.717, 1.165) is 25.5 Å². The van der Waals surface area contributed by atoms with Gasteiger partial charge in [0, 0.05) is 6.26 Å². The Morgan fingerprint density at radius 2 is 2.00 bits per heavy atom. The molecule has 0 aromatic heterocycles. The number of fused-ring (bicyclic) bond motifs is 1. The standard InChI is InChI=1S/C12H16O3S/c1-16(14,15)8-12(13)11-6-5-9-3-2-4-10(9)7-11/h5-7,12-13H,2-4,8H2,1H3. The van der Waals surface area contributed by atoms with E-state index in [1.807, 2.05) is 18.2 Å². The van der Waals surface area contributed by atoms with E-state index in [9.17, 15) is 13.5 Å². The maximum atomic E-state index is 11.1. The highest BCUT2D eigenvalue weighted by atomic mass is 32.2. The van der Waals surface area contributed by atoms with Crippen molar-refractivity contribution in [1.29, 1.82) is 0 Å². The molecule has 1 aliphatic rings. The highest BCUT2D eigenvalue weighted by Gasteiger charge is 2.17. The molecule has 1 atom stereocenters. The largest absolute Gasteiger partial charge is 0.387 e. The van der Waals surface area contributed by atoms with E-state index in [1.54, 1.807) is 0 Å². The van der Waals surface area contributed by atoms with Crippen molar-refractivity contribution in [1.82, 2.24) is 0 Å². The number of aryl methyl sites for hydroxylation is 2. The Morgan fingerprint density at radius 1 is 1.31 bits per heavy atom. The van der Waals surface area contributed by atoms with Crippen molar-refractivity contribution in [3.63, 3.8) is 0 Å². The molecule has 0 fully saturated rings. The van der Waals surface area contributed by atoms with Gasteiger partial charge in [0.25, 0.3) is 0 Å². The Morgan fingerprint density at radius 3 is 2.69 bits per heavy atom. The Balaban J connectivity index is 2.21. The summed E-state index contributed by atoms with van der Waals surface area (Å²) in [5, 5.41) is 9.81. The average Bonchev–Trinajstić information content (AvgIpc) is 2.61. The number of aliphatic hydroxyl groups is 1. The molecule has 0 amide bonds. The van der Waals surface area contributed by atoms with Gasteiger partial charge in [0.2, 0.25) is 0 Å². The van der Waals surface area contributed by atoms with Crippen LogP contribution in [0.25, 0.3) is 0 Å². The molecule has 88 valence electrons. The monoisotopic (exact) mass is 240 g/mol. The van der Waals surface area contributed by atoms with Gasteiger partial charge in [-0.2, -0.15) is 0 Å². The molecule has 2 rings (SSSR count). The Labute approximate surface area is 96.0 Å². The van der Waals surface area contributed by atoms with Gasteiger partial charge in [-0.3, -0.25) is 0 Å². The molecular weight excluding hydrogens is 224 g/mol. The van der Waals surface area contributed by atoms with Crippen LogP contribution in [0.2, 0.25) is 0 Å². The zero-order chi connectivity index (χ0) is 11.8. The van der Waals surface area contributed by atoms with E-state index in [1.165, 1.54) is 11.1 Å². The Bertz CT molecular complexity index is 491. The molecule has 0 saturated heterocycles. The van der Waals surface area contributed by atoms with Gasteiger partial charge in [-0.1, -0.05) is 18.2 Å². The predicted octanol–water partition coefficient (Wildman–Crippen LogP) is 1.25. The maximum Gasteiger partial charge on any atom is 0.150 e. The highest BCUT2D eigenvalue weighted by molar-refractivity contribution is 7.90. The molecule has 1 unspecified atom stereocenters. The number of hydrogen-bond acceptors (Lipinski definition) is 3. The fourth-order valence-corrected chi connectivity index (χ4v) is 2.95. The van der Waals surface area contributed by atoms with E-state index < -0.39 is 15.9 Å². The third-order valence-electron chi connectivity index (χ3n) is 2.97. The van der Waals surface area contributed by atoms with Crippen molar-refractivity contribution in [2.45, 2.75) is 25.4 Å². The fourth-order valence-electron chi connectivity index (χ4n) is 2.18. The van der Waals surface area contributed by atoms with Gasteiger partial charge in [-0.25, -0.2) is 8.42 Å². The van der Waals surface area contributed by atoms with Gasteiger partial charge < -0.3 is 5.11 Å². The quantitative estimate of drug-likeness (QED) is 0.865. The number of rotatable bonds is 3. The molecule has 3 nitrogen and oxygen atoms in total. The van der Waals surface area contributed by atoms with Gasteiger partial charge in [0.15, 0.2) is 0 Å². The second-order valence-electron chi connectivity index (χ2n) is 4.49. The van der Waals surface area contributed by atoms with Crippen molar-refractivity contribution >= 4 is 9.84 Å². The van der Waals surface area contributed by atoms with Crippen molar-refractivity contribution in [3.8, 4) is 0 Å². The first-order valence-electron chi connectivity index (χ1n) is 5.43. The van der Waals surface area contributed by atoms with Gasteiger partial charge in [0.05, 0.1) is 11.9 Å². The summed E-state index contributed by atoms with van der Waals surface area (Å²) in [7, 11) is -3.14. The van der Waals surface area contributed by atoms with Gasteiger partial charge in [-0.05, 0) is 36.0 Å². The molecule has 0 heterocycles. The predicted molar refractivity (Wildman–Crippen MR) is 63.1 cm³/mol. The molecule has 1 aromatic rings. The lowest BCUT2D eigenvalue weighted by atomic mass is 10.0. The summed E-state index contributed by atoms with van der Waals surface area (Å²) in [6, 6.07) is 5.78. The van der Waals surface area contributed by atoms with Gasteiger partial charge in [0.1, 0.15) is 9.84 Å². The lowest BCUT2D eigenvalue weighted by Gasteiger charge is -2.11. The molecule has 16 heavy (non-hydrogen) atoms. The van der Waals surface area contributed by atoms with E-state index in [0.29, 0.717) is 5.56 Å². The lowest BCUT2D eigenvalue weighted by Crippen LogP contribution is -2.12. The fraction of sp³-hybridized carbons (Fsp3) is 0.500. The number of hydrogen-bond donors (Lipinski definition) is 1. The minimum Gasteiger partial charge on any atom is -0.387 e. The van der Waals surface area contributed by atoms with E-state index in [2.05, 4.69) is 0 Å². The molecule has 1 aliphatic carbocycles. The van der Waals surface area contributed by atoms with Crippen LogP contribution in [-0.4, -0.2) is 25.5 Å². The molecule has 4 heteroatoms.